The minimum absolute atomic E-state index is 0.444. The van der Waals surface area contributed by atoms with E-state index >= 15 is 0 Å². The highest BCUT2D eigenvalue weighted by Gasteiger charge is 2.47. The summed E-state index contributed by atoms with van der Waals surface area (Å²) in [6.45, 7) is 0.331. The average molecular weight is 360 g/mol. The number of hydrogen-bond donors (Lipinski definition) is 6. The Bertz CT molecular complexity index is 772. The predicted octanol–water partition coefficient (Wildman–Crippen LogP) is -4.19. The summed E-state index contributed by atoms with van der Waals surface area (Å²) in [5.41, 5.74) is 3.42. The van der Waals surface area contributed by atoms with E-state index in [1.54, 1.807) is 0 Å². The quantitative estimate of drug-likeness (QED) is 0.310. The van der Waals surface area contributed by atoms with Crippen LogP contribution in [0.1, 0.15) is 6.92 Å². The van der Waals surface area contributed by atoms with Crippen LogP contribution < -0.4 is 21.9 Å². The molecule has 12 heteroatoms. The molecule has 7 N–H and O–H groups in total. The molecule has 1 aromatic rings. The first kappa shape index (κ1) is 19.1. The van der Waals surface area contributed by atoms with Gasteiger partial charge < -0.3 is 30.9 Å². The molecule has 1 amide bonds. The second-order valence-electron chi connectivity index (χ2n) is 5.67. The van der Waals surface area contributed by atoms with Gasteiger partial charge in [0.05, 0.1) is 6.61 Å². The number of nitrogens with two attached hydrogens (primary N) is 1. The van der Waals surface area contributed by atoms with E-state index in [0.29, 0.717) is 9.47 Å². The van der Waals surface area contributed by atoms with Gasteiger partial charge in [0.15, 0.2) is 11.9 Å². The highest BCUT2D eigenvalue weighted by atomic mass is 16.6. The molecule has 1 aromatic heterocycles. The van der Waals surface area contributed by atoms with Crippen molar-refractivity contribution in [3.8, 4) is 0 Å². The van der Waals surface area contributed by atoms with Gasteiger partial charge in [-0.05, 0) is 0 Å². The lowest BCUT2D eigenvalue weighted by molar-refractivity contribution is -0.228. The van der Waals surface area contributed by atoms with E-state index in [4.69, 9.17) is 10.5 Å². The van der Waals surface area contributed by atoms with E-state index < -0.39 is 65.9 Å². The highest BCUT2D eigenvalue weighted by molar-refractivity contribution is 5.94. The first-order valence-corrected chi connectivity index (χ1v) is 7.30. The molecule has 0 radical (unpaired) electrons. The SMILES string of the molecule is CC(=O)N(c1c(N)[nH]c(=O)n(C)c1=O)[C@H]1O[C@@H](CO)[C@H](O)[C@@H](O)[C@@H]1O. The normalized spacial score (nSPS) is 29.4. The number of ether oxygens (including phenoxy) is 1. The molecule has 2 rings (SSSR count). The van der Waals surface area contributed by atoms with Gasteiger partial charge in [-0.15, -0.1) is 0 Å². The summed E-state index contributed by atoms with van der Waals surface area (Å²) in [7, 11) is 1.15. The molecule has 1 aliphatic rings. The van der Waals surface area contributed by atoms with Crippen LogP contribution in [0.25, 0.3) is 0 Å². The molecule has 0 saturated carbocycles. The fourth-order valence-corrected chi connectivity index (χ4v) is 2.62. The van der Waals surface area contributed by atoms with Crippen molar-refractivity contribution in [2.45, 2.75) is 37.6 Å². The fourth-order valence-electron chi connectivity index (χ4n) is 2.62. The van der Waals surface area contributed by atoms with Gasteiger partial charge in [-0.1, -0.05) is 0 Å². The molecule has 12 nitrogen and oxygen atoms in total. The standard InChI is InChI=1S/C13H20N4O8/c1-4(19)17(6-10(14)15-13(24)16(2)11(6)23)12-9(22)8(21)7(20)5(3-18)25-12/h5,7-9,12,18,20-22H,3,14H2,1-2H3,(H,15,24)/t5-,7-,8+,9-,12-/m0/s1. The van der Waals surface area contributed by atoms with E-state index in [9.17, 15) is 34.8 Å². The van der Waals surface area contributed by atoms with Crippen molar-refractivity contribution in [1.82, 2.24) is 9.55 Å². The summed E-state index contributed by atoms with van der Waals surface area (Å²) in [6.07, 6.45) is -8.13. The average Bonchev–Trinajstić information content (AvgIpc) is 2.55. The Morgan fingerprint density at radius 3 is 2.40 bits per heavy atom. The number of aromatic nitrogens is 2. The van der Waals surface area contributed by atoms with Gasteiger partial charge >= 0.3 is 5.69 Å². The van der Waals surface area contributed by atoms with Gasteiger partial charge in [0.25, 0.3) is 5.56 Å². The Labute approximate surface area is 140 Å². The molecule has 1 aliphatic heterocycles. The maximum absolute atomic E-state index is 12.4. The van der Waals surface area contributed by atoms with Crippen LogP contribution in [0.4, 0.5) is 11.5 Å². The summed E-state index contributed by atoms with van der Waals surface area (Å²) in [5, 5.41) is 39.1. The third kappa shape index (κ3) is 3.17. The number of anilines is 2. The number of aliphatic hydroxyl groups excluding tert-OH is 4. The number of nitrogens with zero attached hydrogens (tertiary/aromatic N) is 2. The van der Waals surface area contributed by atoms with Crippen molar-refractivity contribution in [3.63, 3.8) is 0 Å². The Kier molecular flexibility index (Phi) is 5.29. The largest absolute Gasteiger partial charge is 0.394 e. The van der Waals surface area contributed by atoms with Crippen LogP contribution in [-0.2, 0) is 16.6 Å². The monoisotopic (exact) mass is 360 g/mol. The molecule has 140 valence electrons. The molecule has 2 heterocycles. The summed E-state index contributed by atoms with van der Waals surface area (Å²) >= 11 is 0. The summed E-state index contributed by atoms with van der Waals surface area (Å²) in [6, 6.07) is 0. The number of carbonyl (C=O) groups is 1. The van der Waals surface area contributed by atoms with Gasteiger partial charge in [-0.2, -0.15) is 0 Å². The van der Waals surface area contributed by atoms with Crippen LogP contribution in [-0.4, -0.2) is 73.1 Å². The van der Waals surface area contributed by atoms with Crippen LogP contribution in [0.15, 0.2) is 9.59 Å². The van der Waals surface area contributed by atoms with Crippen molar-refractivity contribution in [2.75, 3.05) is 17.2 Å². The number of amides is 1. The Balaban J connectivity index is 2.60. The number of aliphatic hydroxyl groups is 4. The third-order valence-electron chi connectivity index (χ3n) is 4.01. The molecule has 0 unspecified atom stereocenters. The molecule has 0 bridgehead atoms. The zero-order chi connectivity index (χ0) is 19.0. The van der Waals surface area contributed by atoms with Gasteiger partial charge in [0, 0.05) is 14.0 Å². The van der Waals surface area contributed by atoms with E-state index in [0.717, 1.165) is 14.0 Å². The molecular weight excluding hydrogens is 340 g/mol. The number of rotatable bonds is 3. The first-order chi connectivity index (χ1) is 11.6. The third-order valence-corrected chi connectivity index (χ3v) is 4.01. The summed E-state index contributed by atoms with van der Waals surface area (Å²) in [5.74, 6) is -1.24. The number of aromatic amines is 1. The molecule has 1 fully saturated rings. The lowest BCUT2D eigenvalue weighted by Gasteiger charge is -2.44. The zero-order valence-electron chi connectivity index (χ0n) is 13.5. The Hall–Kier alpha value is -2.25. The number of hydrogen-bond acceptors (Lipinski definition) is 9. The Morgan fingerprint density at radius 2 is 1.88 bits per heavy atom. The molecule has 5 atom stereocenters. The maximum atomic E-state index is 12.4. The van der Waals surface area contributed by atoms with Crippen LogP contribution >= 0.6 is 0 Å². The highest BCUT2D eigenvalue weighted by Crippen LogP contribution is 2.28. The minimum Gasteiger partial charge on any atom is -0.394 e. The second-order valence-corrected chi connectivity index (χ2v) is 5.67. The fraction of sp³-hybridized carbons (Fsp3) is 0.615. The van der Waals surface area contributed by atoms with Crippen molar-refractivity contribution < 1.29 is 30.0 Å². The van der Waals surface area contributed by atoms with Crippen LogP contribution in [0.5, 0.6) is 0 Å². The molecule has 25 heavy (non-hydrogen) atoms. The summed E-state index contributed by atoms with van der Waals surface area (Å²) in [4.78, 5) is 38.9. The van der Waals surface area contributed by atoms with E-state index in [1.807, 2.05) is 0 Å². The first-order valence-electron chi connectivity index (χ1n) is 7.30. The lowest BCUT2D eigenvalue weighted by atomic mass is 9.97. The van der Waals surface area contributed by atoms with Crippen molar-refractivity contribution in [1.29, 1.82) is 0 Å². The van der Waals surface area contributed by atoms with Crippen molar-refractivity contribution >= 4 is 17.4 Å². The summed E-state index contributed by atoms with van der Waals surface area (Å²) < 4.78 is 5.95. The van der Waals surface area contributed by atoms with Gasteiger partial charge in [-0.25, -0.2) is 4.79 Å². The molecule has 1 saturated heterocycles. The molecule has 0 spiro atoms. The van der Waals surface area contributed by atoms with Crippen LogP contribution in [0.2, 0.25) is 0 Å². The lowest BCUT2D eigenvalue weighted by Crippen LogP contribution is -2.65. The van der Waals surface area contributed by atoms with Gasteiger partial charge in [0.1, 0.15) is 30.2 Å². The van der Waals surface area contributed by atoms with Crippen molar-refractivity contribution in [3.05, 3.63) is 20.8 Å². The molecular formula is C13H20N4O8. The van der Waals surface area contributed by atoms with Crippen LogP contribution in [0.3, 0.4) is 0 Å². The van der Waals surface area contributed by atoms with E-state index in [2.05, 4.69) is 4.98 Å². The smallest absolute Gasteiger partial charge is 0.329 e. The van der Waals surface area contributed by atoms with Crippen LogP contribution in [0, 0.1) is 0 Å². The zero-order valence-corrected chi connectivity index (χ0v) is 13.5. The number of nitrogen functional groups attached to an aromatic ring is 1. The number of H-pyrrole nitrogens is 1. The maximum Gasteiger partial charge on any atom is 0.329 e. The molecule has 0 aromatic carbocycles. The number of carbonyl (C=O) groups excluding carboxylic acids is 1. The Morgan fingerprint density at radius 1 is 1.28 bits per heavy atom. The van der Waals surface area contributed by atoms with Gasteiger partial charge in [0.2, 0.25) is 5.91 Å². The van der Waals surface area contributed by atoms with E-state index in [-0.39, 0.29) is 0 Å². The van der Waals surface area contributed by atoms with Crippen molar-refractivity contribution in [2.24, 2.45) is 7.05 Å². The van der Waals surface area contributed by atoms with E-state index in [1.165, 1.54) is 0 Å². The predicted molar refractivity (Wildman–Crippen MR) is 83.6 cm³/mol. The minimum atomic E-state index is -1.81. The second kappa shape index (κ2) is 6.93. The molecule has 0 aliphatic carbocycles. The topological polar surface area (TPSA) is 191 Å². The van der Waals surface area contributed by atoms with Gasteiger partial charge in [-0.3, -0.25) is 24.0 Å². The number of nitrogens with one attached hydrogen (secondary N) is 1.